The Morgan fingerprint density at radius 2 is 1.69 bits per heavy atom. The molecular formula is C27H35F4N3O2. The average Bonchev–Trinajstić information content (AvgIpc) is 3.58. The molecule has 0 aromatic heterocycles. The van der Waals surface area contributed by atoms with Gasteiger partial charge < -0.3 is 16.0 Å². The third-order valence-electron chi connectivity index (χ3n) is 8.92. The fraction of sp³-hybridized carbons (Fsp3) is 0.704. The van der Waals surface area contributed by atoms with Crippen molar-refractivity contribution in [3.63, 3.8) is 0 Å². The highest BCUT2D eigenvalue weighted by Gasteiger charge is 2.54. The van der Waals surface area contributed by atoms with Crippen LogP contribution in [0.4, 0.5) is 17.6 Å². The molecule has 5 nitrogen and oxygen atoms in total. The molecule has 2 heterocycles. The zero-order valence-corrected chi connectivity index (χ0v) is 20.5. The molecule has 2 aliphatic carbocycles. The maximum atomic E-state index is 14.8. The number of rotatable bonds is 6. The maximum Gasteiger partial charge on any atom is 0.416 e. The molecule has 5 rings (SSSR count). The molecule has 9 heteroatoms. The molecule has 2 amide bonds. The molecule has 2 saturated heterocycles. The first-order valence-electron chi connectivity index (χ1n) is 13.3. The van der Waals surface area contributed by atoms with Crippen molar-refractivity contribution >= 4 is 11.8 Å². The van der Waals surface area contributed by atoms with Crippen molar-refractivity contribution in [2.24, 2.45) is 11.7 Å². The number of piperidine rings is 1. The highest BCUT2D eigenvalue weighted by molar-refractivity contribution is 5.95. The Balaban J connectivity index is 1.37. The first-order valence-corrected chi connectivity index (χ1v) is 13.3. The first-order chi connectivity index (χ1) is 17.1. The molecule has 4 aliphatic rings. The van der Waals surface area contributed by atoms with Gasteiger partial charge in [-0.1, -0.05) is 38.2 Å². The van der Waals surface area contributed by atoms with Gasteiger partial charge in [-0.3, -0.25) is 9.59 Å². The van der Waals surface area contributed by atoms with Gasteiger partial charge in [-0.05, 0) is 63.0 Å². The monoisotopic (exact) mass is 509 g/mol. The Bertz CT molecular complexity index is 989. The summed E-state index contributed by atoms with van der Waals surface area (Å²) in [6.45, 7) is 0. The van der Waals surface area contributed by atoms with Crippen LogP contribution in [0.5, 0.6) is 0 Å². The van der Waals surface area contributed by atoms with Crippen molar-refractivity contribution in [1.29, 1.82) is 0 Å². The second-order valence-electron chi connectivity index (χ2n) is 11.4. The number of nitrogens with zero attached hydrogens (tertiary/aromatic N) is 1. The number of fused-ring (bicyclic) bond motifs is 2. The number of carbonyl (C=O) groups is 2. The molecule has 3 atom stereocenters. The van der Waals surface area contributed by atoms with E-state index >= 15 is 0 Å². The Hall–Kier alpha value is -2.16. The highest BCUT2D eigenvalue weighted by Crippen LogP contribution is 2.50. The predicted molar refractivity (Wildman–Crippen MR) is 126 cm³/mol. The van der Waals surface area contributed by atoms with Crippen LogP contribution < -0.4 is 11.1 Å². The minimum Gasteiger partial charge on any atom is -0.344 e. The lowest BCUT2D eigenvalue weighted by atomic mass is 9.83. The SMILES string of the molecule is NC1CC2CCC(C1)N2C(=O)[C@H](CC1CCCCC1)NC(=O)C1(c2ccc(C(F)(F)F)cc2F)CC1. The van der Waals surface area contributed by atoms with Crippen LogP contribution in [0.1, 0.15) is 88.2 Å². The minimum absolute atomic E-state index is 0.0270. The maximum absolute atomic E-state index is 14.8. The van der Waals surface area contributed by atoms with E-state index in [1.54, 1.807) is 0 Å². The van der Waals surface area contributed by atoms with Gasteiger partial charge in [0, 0.05) is 23.7 Å². The molecule has 0 spiro atoms. The smallest absolute Gasteiger partial charge is 0.344 e. The highest BCUT2D eigenvalue weighted by atomic mass is 19.4. The summed E-state index contributed by atoms with van der Waals surface area (Å²) >= 11 is 0. The molecule has 3 N–H and O–H groups in total. The van der Waals surface area contributed by atoms with Crippen molar-refractivity contribution in [2.75, 3.05) is 0 Å². The number of hydrogen-bond acceptors (Lipinski definition) is 3. The predicted octanol–water partition coefficient (Wildman–Crippen LogP) is 4.81. The third-order valence-corrected chi connectivity index (χ3v) is 8.92. The van der Waals surface area contributed by atoms with E-state index < -0.39 is 34.9 Å². The van der Waals surface area contributed by atoms with E-state index in [4.69, 9.17) is 5.73 Å². The lowest BCUT2D eigenvalue weighted by molar-refractivity contribution is -0.141. The van der Waals surface area contributed by atoms with Crippen LogP contribution >= 0.6 is 0 Å². The lowest BCUT2D eigenvalue weighted by Gasteiger charge is -2.40. The molecule has 1 aromatic carbocycles. The van der Waals surface area contributed by atoms with Crippen molar-refractivity contribution in [3.8, 4) is 0 Å². The number of nitrogens with one attached hydrogen (secondary N) is 1. The van der Waals surface area contributed by atoms with Crippen molar-refractivity contribution in [1.82, 2.24) is 10.2 Å². The van der Waals surface area contributed by atoms with Crippen molar-refractivity contribution in [3.05, 3.63) is 35.1 Å². The van der Waals surface area contributed by atoms with Gasteiger partial charge in [0.2, 0.25) is 11.8 Å². The van der Waals surface area contributed by atoms with E-state index in [2.05, 4.69) is 5.32 Å². The zero-order valence-electron chi connectivity index (χ0n) is 20.5. The van der Waals surface area contributed by atoms with E-state index in [0.717, 1.165) is 63.5 Å². The number of amides is 2. The summed E-state index contributed by atoms with van der Waals surface area (Å²) < 4.78 is 53.9. The molecule has 4 fully saturated rings. The van der Waals surface area contributed by atoms with Gasteiger partial charge in [-0.2, -0.15) is 13.2 Å². The summed E-state index contributed by atoms with van der Waals surface area (Å²) in [4.78, 5) is 29.3. The largest absolute Gasteiger partial charge is 0.416 e. The van der Waals surface area contributed by atoms with Crippen molar-refractivity contribution in [2.45, 2.75) is 113 Å². The molecule has 198 valence electrons. The Labute approximate surface area is 209 Å². The summed E-state index contributed by atoms with van der Waals surface area (Å²) in [5.74, 6) is -1.25. The van der Waals surface area contributed by atoms with Gasteiger partial charge in [0.25, 0.3) is 0 Å². The van der Waals surface area contributed by atoms with E-state index in [1.165, 1.54) is 6.42 Å². The molecule has 1 aromatic rings. The molecule has 2 aliphatic heterocycles. The first kappa shape index (κ1) is 25.5. The lowest BCUT2D eigenvalue weighted by Crippen LogP contribution is -2.57. The Morgan fingerprint density at radius 3 is 2.25 bits per heavy atom. The Morgan fingerprint density at radius 1 is 1.06 bits per heavy atom. The normalized spacial score (nSPS) is 28.6. The van der Waals surface area contributed by atoms with Gasteiger partial charge in [-0.15, -0.1) is 0 Å². The molecular weight excluding hydrogens is 474 g/mol. The van der Waals surface area contributed by atoms with Gasteiger partial charge in [-0.25, -0.2) is 4.39 Å². The van der Waals surface area contributed by atoms with Crippen LogP contribution in [-0.4, -0.2) is 40.9 Å². The molecule has 2 unspecified atom stereocenters. The summed E-state index contributed by atoms with van der Waals surface area (Å²) in [5, 5.41) is 2.96. The van der Waals surface area contributed by atoms with Gasteiger partial charge in [0.05, 0.1) is 11.0 Å². The third kappa shape index (κ3) is 4.87. The van der Waals surface area contributed by atoms with Gasteiger partial charge in [0.15, 0.2) is 0 Å². The molecule has 2 bridgehead atoms. The standard InChI is InChI=1S/C27H35F4N3O2/c28-22-13-17(27(29,30)31)6-9-21(22)26(10-11-26)25(36)33-23(12-16-4-2-1-3-5-16)24(35)34-19-7-8-20(34)15-18(32)14-19/h6,9,13,16,18-20,23H,1-5,7-8,10-12,14-15,32H2,(H,33,36)/t18?,19?,20?,23-/m0/s1. The summed E-state index contributed by atoms with van der Waals surface area (Å²) in [6.07, 6.45) is 5.30. The van der Waals surface area contributed by atoms with Crippen LogP contribution in [0.3, 0.4) is 0 Å². The van der Waals surface area contributed by atoms with E-state index in [-0.39, 0.29) is 29.6 Å². The van der Waals surface area contributed by atoms with Crippen LogP contribution in [0.2, 0.25) is 0 Å². The second-order valence-corrected chi connectivity index (χ2v) is 11.4. The fourth-order valence-corrected chi connectivity index (χ4v) is 6.86. The fourth-order valence-electron chi connectivity index (χ4n) is 6.86. The number of benzene rings is 1. The molecule has 0 radical (unpaired) electrons. The van der Waals surface area contributed by atoms with Crippen LogP contribution in [-0.2, 0) is 21.2 Å². The number of carbonyl (C=O) groups excluding carboxylic acids is 2. The van der Waals surface area contributed by atoms with E-state index in [9.17, 15) is 27.2 Å². The van der Waals surface area contributed by atoms with E-state index in [0.29, 0.717) is 31.2 Å². The topological polar surface area (TPSA) is 75.4 Å². The summed E-state index contributed by atoms with van der Waals surface area (Å²) in [6, 6.07) is 1.89. The second kappa shape index (κ2) is 9.62. The summed E-state index contributed by atoms with van der Waals surface area (Å²) in [7, 11) is 0. The number of nitrogens with two attached hydrogens (primary N) is 1. The Kier molecular flexibility index (Phi) is 6.81. The van der Waals surface area contributed by atoms with Crippen molar-refractivity contribution < 1.29 is 27.2 Å². The number of alkyl halides is 3. The number of halogens is 4. The average molecular weight is 510 g/mol. The molecule has 2 saturated carbocycles. The van der Waals surface area contributed by atoms with Crippen LogP contribution in [0, 0.1) is 11.7 Å². The minimum atomic E-state index is -4.66. The van der Waals surface area contributed by atoms with Crippen LogP contribution in [0.25, 0.3) is 0 Å². The van der Waals surface area contributed by atoms with Gasteiger partial charge >= 0.3 is 6.18 Å². The zero-order chi connectivity index (χ0) is 25.7. The number of hydrogen-bond donors (Lipinski definition) is 2. The van der Waals surface area contributed by atoms with E-state index in [1.807, 2.05) is 4.90 Å². The van der Waals surface area contributed by atoms with Gasteiger partial charge in [0.1, 0.15) is 11.9 Å². The van der Waals surface area contributed by atoms with Crippen LogP contribution in [0.15, 0.2) is 18.2 Å². The molecule has 36 heavy (non-hydrogen) atoms. The quantitative estimate of drug-likeness (QED) is 0.541. The summed E-state index contributed by atoms with van der Waals surface area (Å²) in [5.41, 5.74) is 3.87.